The van der Waals surface area contributed by atoms with Crippen LogP contribution in [0.3, 0.4) is 0 Å². The molecule has 17 heavy (non-hydrogen) atoms. The fraction of sp³-hybridized carbons (Fsp3) is 0.538. The average molecular weight is 302 g/mol. The van der Waals surface area contributed by atoms with E-state index in [2.05, 4.69) is 34.2 Å². The minimum Gasteiger partial charge on any atom is -0.354 e. The van der Waals surface area contributed by atoms with Crippen LogP contribution in [0.5, 0.6) is 0 Å². The molecule has 0 heterocycles. The Morgan fingerprint density at radius 3 is 2.24 bits per heavy atom. The molecule has 0 amide bonds. The van der Waals surface area contributed by atoms with Crippen LogP contribution in [0, 0.1) is 0 Å². The van der Waals surface area contributed by atoms with E-state index in [0.717, 1.165) is 4.47 Å². The van der Waals surface area contributed by atoms with E-state index < -0.39 is 0 Å². The third-order valence-corrected chi connectivity index (χ3v) is 3.48. The van der Waals surface area contributed by atoms with Gasteiger partial charge in [-0.25, -0.2) is 0 Å². The minimum atomic E-state index is -0.236. The van der Waals surface area contributed by atoms with Crippen molar-refractivity contribution in [2.24, 2.45) is 0 Å². The Bertz CT molecular complexity index is 342. The summed E-state index contributed by atoms with van der Waals surface area (Å²) in [6.07, 6.45) is -0.236. The Morgan fingerprint density at radius 2 is 1.71 bits per heavy atom. The monoisotopic (exact) mass is 301 g/mol. The number of hydrogen-bond donors (Lipinski definition) is 1. The predicted octanol–water partition coefficient (Wildman–Crippen LogP) is 3.11. The molecule has 0 saturated heterocycles. The molecule has 1 aromatic carbocycles. The highest BCUT2D eigenvalue weighted by Crippen LogP contribution is 2.23. The van der Waals surface area contributed by atoms with Gasteiger partial charge in [0.1, 0.15) is 0 Å². The van der Waals surface area contributed by atoms with Crippen LogP contribution in [-0.2, 0) is 9.47 Å². The van der Waals surface area contributed by atoms with Gasteiger partial charge in [-0.1, -0.05) is 34.1 Å². The number of ether oxygens (including phenoxy) is 2. The molecule has 3 nitrogen and oxygen atoms in total. The van der Waals surface area contributed by atoms with Gasteiger partial charge in [-0.05, 0) is 25.5 Å². The Labute approximate surface area is 112 Å². The molecule has 0 aliphatic carbocycles. The third-order valence-electron chi connectivity index (χ3n) is 2.76. The van der Waals surface area contributed by atoms with E-state index in [0.29, 0.717) is 0 Å². The smallest absolute Gasteiger partial charge is 0.171 e. The Balaban J connectivity index is 2.66. The normalized spacial score (nSPS) is 14.9. The van der Waals surface area contributed by atoms with Crippen molar-refractivity contribution >= 4 is 15.9 Å². The first kappa shape index (κ1) is 14.6. The maximum absolute atomic E-state index is 5.23. The van der Waals surface area contributed by atoms with E-state index in [4.69, 9.17) is 9.47 Å². The molecule has 2 unspecified atom stereocenters. The maximum atomic E-state index is 5.23. The Morgan fingerprint density at radius 1 is 1.12 bits per heavy atom. The Kier molecular flexibility index (Phi) is 6.12. The molecule has 96 valence electrons. The molecule has 0 saturated carbocycles. The van der Waals surface area contributed by atoms with Gasteiger partial charge in [0, 0.05) is 24.7 Å². The van der Waals surface area contributed by atoms with Crippen LogP contribution < -0.4 is 5.32 Å². The van der Waals surface area contributed by atoms with Crippen molar-refractivity contribution in [3.8, 4) is 0 Å². The SMILES string of the molecule is COC(OC)C(C)NC(C)c1ccccc1Br. The van der Waals surface area contributed by atoms with Gasteiger partial charge in [-0.2, -0.15) is 0 Å². The molecule has 0 aromatic heterocycles. The molecule has 0 aliphatic heterocycles. The van der Waals surface area contributed by atoms with Gasteiger partial charge in [-0.15, -0.1) is 0 Å². The highest BCUT2D eigenvalue weighted by atomic mass is 79.9. The first-order valence-electron chi connectivity index (χ1n) is 5.66. The van der Waals surface area contributed by atoms with Crippen LogP contribution in [0.2, 0.25) is 0 Å². The second-order valence-corrected chi connectivity index (χ2v) is 4.89. The lowest BCUT2D eigenvalue weighted by atomic mass is 10.1. The van der Waals surface area contributed by atoms with E-state index in [-0.39, 0.29) is 18.4 Å². The van der Waals surface area contributed by atoms with Gasteiger partial charge >= 0.3 is 0 Å². The number of hydrogen-bond acceptors (Lipinski definition) is 3. The van der Waals surface area contributed by atoms with E-state index in [9.17, 15) is 0 Å². The van der Waals surface area contributed by atoms with Crippen LogP contribution in [0.1, 0.15) is 25.5 Å². The second-order valence-electron chi connectivity index (χ2n) is 4.04. The van der Waals surface area contributed by atoms with Gasteiger partial charge in [0.05, 0.1) is 6.04 Å². The molecule has 0 radical (unpaired) electrons. The predicted molar refractivity (Wildman–Crippen MR) is 73.0 cm³/mol. The molecular formula is C13H20BrNO2. The average Bonchev–Trinajstić information content (AvgIpc) is 2.31. The molecule has 1 N–H and O–H groups in total. The summed E-state index contributed by atoms with van der Waals surface area (Å²) in [5.41, 5.74) is 1.23. The van der Waals surface area contributed by atoms with Crippen LogP contribution in [0.4, 0.5) is 0 Å². The summed E-state index contributed by atoms with van der Waals surface area (Å²) in [7, 11) is 3.30. The van der Waals surface area contributed by atoms with Crippen molar-refractivity contribution < 1.29 is 9.47 Å². The van der Waals surface area contributed by atoms with E-state index in [1.54, 1.807) is 14.2 Å². The summed E-state index contributed by atoms with van der Waals surface area (Å²) in [5.74, 6) is 0. The molecule has 0 aliphatic rings. The summed E-state index contributed by atoms with van der Waals surface area (Å²) < 4.78 is 11.6. The fourth-order valence-corrected chi connectivity index (χ4v) is 2.52. The fourth-order valence-electron chi connectivity index (χ4n) is 1.89. The van der Waals surface area contributed by atoms with Crippen molar-refractivity contribution in [3.63, 3.8) is 0 Å². The quantitative estimate of drug-likeness (QED) is 0.819. The van der Waals surface area contributed by atoms with Crippen molar-refractivity contribution in [1.29, 1.82) is 0 Å². The minimum absolute atomic E-state index is 0.118. The molecular weight excluding hydrogens is 282 g/mol. The lowest BCUT2D eigenvalue weighted by Gasteiger charge is -2.26. The summed E-state index contributed by atoms with van der Waals surface area (Å²) in [6, 6.07) is 8.54. The molecule has 4 heteroatoms. The zero-order chi connectivity index (χ0) is 12.8. The topological polar surface area (TPSA) is 30.5 Å². The molecule has 1 aromatic rings. The number of methoxy groups -OCH3 is 2. The molecule has 0 bridgehead atoms. The van der Waals surface area contributed by atoms with Gasteiger partial charge in [0.15, 0.2) is 6.29 Å². The molecule has 0 fully saturated rings. The Hall–Kier alpha value is -0.420. The number of rotatable bonds is 6. The highest BCUT2D eigenvalue weighted by molar-refractivity contribution is 9.10. The van der Waals surface area contributed by atoms with Gasteiger partial charge in [0.2, 0.25) is 0 Å². The summed E-state index contributed by atoms with van der Waals surface area (Å²) in [6.45, 7) is 4.17. The van der Waals surface area contributed by atoms with Crippen molar-refractivity contribution in [3.05, 3.63) is 34.3 Å². The maximum Gasteiger partial charge on any atom is 0.171 e. The zero-order valence-corrected chi connectivity index (χ0v) is 12.3. The zero-order valence-electron chi connectivity index (χ0n) is 10.7. The van der Waals surface area contributed by atoms with Crippen LogP contribution >= 0.6 is 15.9 Å². The molecule has 0 spiro atoms. The van der Waals surface area contributed by atoms with E-state index in [1.807, 2.05) is 25.1 Å². The van der Waals surface area contributed by atoms with Crippen molar-refractivity contribution in [2.45, 2.75) is 32.2 Å². The van der Waals surface area contributed by atoms with Crippen LogP contribution in [0.15, 0.2) is 28.7 Å². The van der Waals surface area contributed by atoms with Crippen molar-refractivity contribution in [2.75, 3.05) is 14.2 Å². The first-order chi connectivity index (χ1) is 8.10. The van der Waals surface area contributed by atoms with E-state index >= 15 is 0 Å². The first-order valence-corrected chi connectivity index (χ1v) is 6.45. The molecule has 2 atom stereocenters. The number of nitrogens with one attached hydrogen (secondary N) is 1. The van der Waals surface area contributed by atoms with Gasteiger partial charge < -0.3 is 14.8 Å². The third kappa shape index (κ3) is 4.07. The van der Waals surface area contributed by atoms with Gasteiger partial charge in [0.25, 0.3) is 0 Å². The number of benzene rings is 1. The van der Waals surface area contributed by atoms with Crippen LogP contribution in [0.25, 0.3) is 0 Å². The number of halogens is 1. The largest absolute Gasteiger partial charge is 0.354 e. The lowest BCUT2D eigenvalue weighted by Crippen LogP contribution is -2.40. The van der Waals surface area contributed by atoms with E-state index in [1.165, 1.54) is 5.56 Å². The lowest BCUT2D eigenvalue weighted by molar-refractivity contribution is -0.120. The standard InChI is InChI=1S/C13H20BrNO2/c1-9(11-7-5-6-8-12(11)14)15-10(2)13(16-3)17-4/h5-10,13,15H,1-4H3. The molecule has 1 rings (SSSR count). The van der Waals surface area contributed by atoms with Crippen molar-refractivity contribution in [1.82, 2.24) is 5.32 Å². The highest BCUT2D eigenvalue weighted by Gasteiger charge is 2.19. The van der Waals surface area contributed by atoms with Gasteiger partial charge in [-0.3, -0.25) is 0 Å². The second kappa shape index (κ2) is 7.11. The summed E-state index contributed by atoms with van der Waals surface area (Å²) >= 11 is 3.56. The summed E-state index contributed by atoms with van der Waals surface area (Å²) in [4.78, 5) is 0. The summed E-state index contributed by atoms with van der Waals surface area (Å²) in [5, 5.41) is 3.46. The van der Waals surface area contributed by atoms with Crippen LogP contribution in [-0.4, -0.2) is 26.6 Å².